The van der Waals surface area contributed by atoms with E-state index in [0.29, 0.717) is 16.7 Å². The highest BCUT2D eigenvalue weighted by Gasteiger charge is 2.05. The van der Waals surface area contributed by atoms with Crippen molar-refractivity contribution in [2.24, 2.45) is 0 Å². The molecule has 20 heavy (non-hydrogen) atoms. The molecule has 0 bridgehead atoms. The molecule has 2 heterocycles. The summed E-state index contributed by atoms with van der Waals surface area (Å²) in [6.07, 6.45) is 7.04. The molecule has 0 amide bonds. The van der Waals surface area contributed by atoms with Gasteiger partial charge in [0.15, 0.2) is 0 Å². The van der Waals surface area contributed by atoms with Crippen LogP contribution in [0.5, 0.6) is 0 Å². The average Bonchev–Trinajstić information content (AvgIpc) is 2.97. The van der Waals surface area contributed by atoms with Gasteiger partial charge >= 0.3 is 0 Å². The van der Waals surface area contributed by atoms with E-state index in [1.807, 2.05) is 42.5 Å². The summed E-state index contributed by atoms with van der Waals surface area (Å²) in [5.41, 5.74) is 1.83. The van der Waals surface area contributed by atoms with Crippen LogP contribution in [-0.2, 0) is 0 Å². The van der Waals surface area contributed by atoms with Gasteiger partial charge in [-0.3, -0.25) is 4.98 Å². The molecule has 0 N–H and O–H groups in total. The number of halogens is 1. The Hall–Kier alpha value is -2.46. The summed E-state index contributed by atoms with van der Waals surface area (Å²) >= 11 is 5.83. The molecule has 0 radical (unpaired) electrons. The van der Waals surface area contributed by atoms with E-state index in [0.717, 1.165) is 11.1 Å². The van der Waals surface area contributed by atoms with Crippen LogP contribution in [0.2, 0.25) is 5.02 Å². The Kier molecular flexibility index (Phi) is 3.56. The minimum atomic E-state index is 0.443. The lowest BCUT2D eigenvalue weighted by atomic mass is 10.2. The fourth-order valence-electron chi connectivity index (χ4n) is 1.66. The van der Waals surface area contributed by atoms with Gasteiger partial charge in [-0.1, -0.05) is 28.9 Å². The molecular weight excluding hydrogens is 274 g/mol. The summed E-state index contributed by atoms with van der Waals surface area (Å²) in [6, 6.07) is 11.2. The van der Waals surface area contributed by atoms with Crippen molar-refractivity contribution in [2.45, 2.75) is 0 Å². The maximum atomic E-state index is 5.83. The topological polar surface area (TPSA) is 51.8 Å². The molecule has 0 unspecified atom stereocenters. The van der Waals surface area contributed by atoms with Gasteiger partial charge < -0.3 is 4.52 Å². The van der Waals surface area contributed by atoms with Crippen LogP contribution >= 0.6 is 11.6 Å². The van der Waals surface area contributed by atoms with Gasteiger partial charge in [0.2, 0.25) is 5.82 Å². The Morgan fingerprint density at radius 1 is 1.05 bits per heavy atom. The second kappa shape index (κ2) is 5.67. The molecule has 98 valence electrons. The van der Waals surface area contributed by atoms with E-state index in [1.165, 1.54) is 0 Å². The molecular formula is C15H10ClN3O. The first kappa shape index (κ1) is 12.6. The van der Waals surface area contributed by atoms with Crippen molar-refractivity contribution in [1.82, 2.24) is 15.1 Å². The second-order valence-electron chi connectivity index (χ2n) is 4.08. The molecule has 2 aromatic heterocycles. The number of rotatable bonds is 3. The minimum Gasteiger partial charge on any atom is -0.334 e. The third kappa shape index (κ3) is 2.92. The van der Waals surface area contributed by atoms with Crippen molar-refractivity contribution in [3.8, 4) is 11.4 Å². The SMILES string of the molecule is Clc1ccc(C=Cc2nc(-c3cccnc3)no2)cc1. The van der Waals surface area contributed by atoms with Crippen LogP contribution < -0.4 is 0 Å². The highest BCUT2D eigenvalue weighted by molar-refractivity contribution is 6.30. The quantitative estimate of drug-likeness (QED) is 0.730. The van der Waals surface area contributed by atoms with Crippen molar-refractivity contribution < 1.29 is 4.52 Å². The Bertz CT molecular complexity index is 720. The van der Waals surface area contributed by atoms with Crippen molar-refractivity contribution in [1.29, 1.82) is 0 Å². The van der Waals surface area contributed by atoms with Gasteiger partial charge in [0.05, 0.1) is 0 Å². The van der Waals surface area contributed by atoms with E-state index < -0.39 is 0 Å². The zero-order valence-corrected chi connectivity index (χ0v) is 11.2. The van der Waals surface area contributed by atoms with Crippen LogP contribution in [0.4, 0.5) is 0 Å². The Balaban J connectivity index is 1.79. The fraction of sp³-hybridized carbons (Fsp3) is 0. The van der Waals surface area contributed by atoms with Crippen LogP contribution in [0.3, 0.4) is 0 Å². The Morgan fingerprint density at radius 2 is 1.90 bits per heavy atom. The van der Waals surface area contributed by atoms with Crippen molar-refractivity contribution in [2.75, 3.05) is 0 Å². The summed E-state index contributed by atoms with van der Waals surface area (Å²) in [6.45, 7) is 0. The van der Waals surface area contributed by atoms with E-state index in [9.17, 15) is 0 Å². The van der Waals surface area contributed by atoms with Gasteiger partial charge in [-0.2, -0.15) is 4.98 Å². The number of hydrogen-bond acceptors (Lipinski definition) is 4. The van der Waals surface area contributed by atoms with E-state index in [4.69, 9.17) is 16.1 Å². The monoisotopic (exact) mass is 283 g/mol. The van der Waals surface area contributed by atoms with Crippen LogP contribution in [0.15, 0.2) is 53.3 Å². The van der Waals surface area contributed by atoms with Gasteiger partial charge in [-0.05, 0) is 35.9 Å². The third-order valence-electron chi connectivity index (χ3n) is 2.65. The first-order valence-corrected chi connectivity index (χ1v) is 6.37. The first-order chi connectivity index (χ1) is 9.81. The van der Waals surface area contributed by atoms with Gasteiger partial charge in [0, 0.05) is 29.1 Å². The van der Waals surface area contributed by atoms with E-state index in [1.54, 1.807) is 18.5 Å². The van der Waals surface area contributed by atoms with Crippen LogP contribution in [0, 0.1) is 0 Å². The number of aromatic nitrogens is 3. The normalized spacial score (nSPS) is 11.1. The van der Waals surface area contributed by atoms with Crippen LogP contribution in [0.1, 0.15) is 11.5 Å². The number of pyridine rings is 1. The highest BCUT2D eigenvalue weighted by Crippen LogP contribution is 2.16. The number of nitrogens with zero attached hydrogens (tertiary/aromatic N) is 3. The minimum absolute atomic E-state index is 0.443. The number of benzene rings is 1. The zero-order chi connectivity index (χ0) is 13.8. The Morgan fingerprint density at radius 3 is 2.65 bits per heavy atom. The van der Waals surface area contributed by atoms with Crippen molar-refractivity contribution in [3.05, 3.63) is 65.3 Å². The molecule has 0 aliphatic rings. The third-order valence-corrected chi connectivity index (χ3v) is 2.90. The summed E-state index contributed by atoms with van der Waals surface area (Å²) in [4.78, 5) is 8.30. The lowest BCUT2D eigenvalue weighted by Gasteiger charge is -1.91. The molecule has 4 nitrogen and oxygen atoms in total. The molecule has 0 aliphatic carbocycles. The molecule has 0 saturated carbocycles. The first-order valence-electron chi connectivity index (χ1n) is 5.99. The molecule has 0 saturated heterocycles. The number of hydrogen-bond donors (Lipinski definition) is 0. The zero-order valence-electron chi connectivity index (χ0n) is 10.4. The lowest BCUT2D eigenvalue weighted by molar-refractivity contribution is 0.411. The summed E-state index contributed by atoms with van der Waals surface area (Å²) in [5, 5.41) is 4.62. The molecule has 5 heteroatoms. The van der Waals surface area contributed by atoms with Crippen molar-refractivity contribution >= 4 is 23.8 Å². The van der Waals surface area contributed by atoms with E-state index in [2.05, 4.69) is 15.1 Å². The van der Waals surface area contributed by atoms with Crippen LogP contribution in [0.25, 0.3) is 23.5 Å². The standard InChI is InChI=1S/C15H10ClN3O/c16-13-6-3-11(4-7-13)5-8-14-18-15(19-20-14)12-2-1-9-17-10-12/h1-10H. The predicted molar refractivity (Wildman–Crippen MR) is 77.9 cm³/mol. The second-order valence-corrected chi connectivity index (χ2v) is 4.52. The highest BCUT2D eigenvalue weighted by atomic mass is 35.5. The molecule has 3 rings (SSSR count). The van der Waals surface area contributed by atoms with Gasteiger partial charge in [-0.15, -0.1) is 0 Å². The average molecular weight is 284 g/mol. The molecule has 0 spiro atoms. The fourth-order valence-corrected chi connectivity index (χ4v) is 1.78. The summed E-state index contributed by atoms with van der Waals surface area (Å²) in [7, 11) is 0. The summed E-state index contributed by atoms with van der Waals surface area (Å²) in [5.74, 6) is 0.965. The smallest absolute Gasteiger partial charge is 0.250 e. The lowest BCUT2D eigenvalue weighted by Crippen LogP contribution is -1.81. The van der Waals surface area contributed by atoms with Gasteiger partial charge in [0.25, 0.3) is 5.89 Å². The maximum Gasteiger partial charge on any atom is 0.250 e. The Labute approximate surface area is 120 Å². The molecule has 0 fully saturated rings. The van der Waals surface area contributed by atoms with Crippen molar-refractivity contribution in [3.63, 3.8) is 0 Å². The predicted octanol–water partition coefficient (Wildman–Crippen LogP) is 3.96. The molecule has 0 atom stereocenters. The van der Waals surface area contributed by atoms with E-state index >= 15 is 0 Å². The van der Waals surface area contributed by atoms with Crippen LogP contribution in [-0.4, -0.2) is 15.1 Å². The van der Waals surface area contributed by atoms with Gasteiger partial charge in [0.1, 0.15) is 0 Å². The molecule has 3 aromatic rings. The summed E-state index contributed by atoms with van der Waals surface area (Å²) < 4.78 is 5.16. The largest absolute Gasteiger partial charge is 0.334 e. The van der Waals surface area contributed by atoms with Gasteiger partial charge in [-0.25, -0.2) is 0 Å². The maximum absolute atomic E-state index is 5.83. The molecule has 1 aromatic carbocycles. The molecule has 0 aliphatic heterocycles. The van der Waals surface area contributed by atoms with E-state index in [-0.39, 0.29) is 0 Å².